The Morgan fingerprint density at radius 3 is 2.56 bits per heavy atom. The quantitative estimate of drug-likeness (QED) is 0.327. The second kappa shape index (κ2) is 15.1. The molecule has 2 aliphatic heterocycles. The van der Waals surface area contributed by atoms with Crippen molar-refractivity contribution in [1.82, 2.24) is 10.2 Å². The Morgan fingerprint density at radius 1 is 1.03 bits per heavy atom. The van der Waals surface area contributed by atoms with Gasteiger partial charge in [-0.2, -0.15) is 0 Å². The summed E-state index contributed by atoms with van der Waals surface area (Å²) in [5, 5.41) is 3.52. The summed E-state index contributed by atoms with van der Waals surface area (Å²) >= 11 is 0. The Balaban J connectivity index is 1.47. The van der Waals surface area contributed by atoms with Crippen LogP contribution >= 0.6 is 0 Å². The van der Waals surface area contributed by atoms with Crippen LogP contribution in [0.4, 0.5) is 5.69 Å². The van der Waals surface area contributed by atoms with E-state index in [9.17, 15) is 0 Å². The van der Waals surface area contributed by atoms with Crippen LogP contribution in [0.5, 0.6) is 11.5 Å². The molecule has 0 amide bonds. The lowest BCUT2D eigenvalue weighted by atomic mass is 9.85. The summed E-state index contributed by atoms with van der Waals surface area (Å²) in [7, 11) is 7.45. The van der Waals surface area contributed by atoms with Gasteiger partial charge in [-0.05, 0) is 55.9 Å². The first-order chi connectivity index (χ1) is 19.1. The Bertz CT molecular complexity index is 1080. The third-order valence-corrected chi connectivity index (χ3v) is 7.11. The maximum absolute atomic E-state index is 6.61. The molecule has 212 valence electrons. The second-order valence-electron chi connectivity index (χ2n) is 10.2. The minimum absolute atomic E-state index is 0.0565. The topological polar surface area (TPSA) is 64.7 Å². The molecule has 8 nitrogen and oxygen atoms in total. The number of piperidine rings is 1. The van der Waals surface area contributed by atoms with Crippen LogP contribution in [-0.2, 0) is 20.8 Å². The van der Waals surface area contributed by atoms with Crippen molar-refractivity contribution >= 4 is 5.69 Å². The average molecular weight is 538 g/mol. The van der Waals surface area contributed by atoms with E-state index in [-0.39, 0.29) is 18.1 Å². The highest BCUT2D eigenvalue weighted by atomic mass is 16.5. The van der Waals surface area contributed by atoms with Crippen molar-refractivity contribution < 1.29 is 23.7 Å². The van der Waals surface area contributed by atoms with Gasteiger partial charge < -0.3 is 33.9 Å². The van der Waals surface area contributed by atoms with Gasteiger partial charge in [0.15, 0.2) is 0 Å². The highest BCUT2D eigenvalue weighted by molar-refractivity contribution is 5.61. The molecule has 8 heteroatoms. The van der Waals surface area contributed by atoms with Crippen LogP contribution in [0.25, 0.3) is 0 Å². The second-order valence-corrected chi connectivity index (χ2v) is 10.2. The first kappa shape index (κ1) is 29.2. The normalized spacial score (nSPS) is 20.6. The lowest BCUT2D eigenvalue weighted by Gasteiger charge is -2.38. The maximum atomic E-state index is 6.61. The van der Waals surface area contributed by atoms with Crippen molar-refractivity contribution in [2.75, 3.05) is 85.8 Å². The van der Waals surface area contributed by atoms with Gasteiger partial charge in [0.25, 0.3) is 0 Å². The summed E-state index contributed by atoms with van der Waals surface area (Å²) in [4.78, 5) is 4.43. The molecule has 2 unspecified atom stereocenters. The first-order valence-corrected chi connectivity index (χ1v) is 13.8. The van der Waals surface area contributed by atoms with Crippen LogP contribution in [0.2, 0.25) is 0 Å². The molecule has 0 saturated carbocycles. The third-order valence-electron chi connectivity index (χ3n) is 7.11. The lowest BCUT2D eigenvalue weighted by molar-refractivity contribution is -0.0528. The Hall–Kier alpha value is -2.80. The van der Waals surface area contributed by atoms with Gasteiger partial charge in [0.05, 0.1) is 44.7 Å². The number of nitrogens with zero attached hydrogens (tertiary/aromatic N) is 2. The predicted molar refractivity (Wildman–Crippen MR) is 154 cm³/mol. The summed E-state index contributed by atoms with van der Waals surface area (Å²) in [6.45, 7) is 6.39. The summed E-state index contributed by atoms with van der Waals surface area (Å²) < 4.78 is 29.5. The number of methoxy groups -OCH3 is 2. The lowest BCUT2D eigenvalue weighted by Crippen LogP contribution is -2.50. The zero-order valence-corrected chi connectivity index (χ0v) is 23.8. The van der Waals surface area contributed by atoms with Crippen LogP contribution in [0, 0.1) is 11.8 Å². The highest BCUT2D eigenvalue weighted by Gasteiger charge is 2.36. The molecule has 2 aliphatic rings. The summed E-state index contributed by atoms with van der Waals surface area (Å²) in [6.07, 6.45) is 0.866. The Labute approximate surface area is 233 Å². The number of ether oxygens (including phenoxy) is 5. The molecule has 1 N–H and O–H groups in total. The molecular weight excluding hydrogens is 494 g/mol. The molecule has 0 aliphatic carbocycles. The van der Waals surface area contributed by atoms with Gasteiger partial charge in [-0.25, -0.2) is 0 Å². The molecule has 2 aromatic rings. The summed E-state index contributed by atoms with van der Waals surface area (Å²) in [5.41, 5.74) is 3.43. The number of benzene rings is 2. The van der Waals surface area contributed by atoms with Crippen LogP contribution in [-0.4, -0.2) is 98.0 Å². The van der Waals surface area contributed by atoms with Crippen molar-refractivity contribution in [3.8, 4) is 23.3 Å². The van der Waals surface area contributed by atoms with Gasteiger partial charge in [0.2, 0.25) is 0 Å². The van der Waals surface area contributed by atoms with Crippen molar-refractivity contribution in [2.24, 2.45) is 0 Å². The molecule has 0 spiro atoms. The van der Waals surface area contributed by atoms with E-state index >= 15 is 0 Å². The van der Waals surface area contributed by atoms with Gasteiger partial charge >= 0.3 is 0 Å². The molecule has 0 bridgehead atoms. The predicted octanol–water partition coefficient (Wildman–Crippen LogP) is 3.15. The van der Waals surface area contributed by atoms with Gasteiger partial charge in [-0.3, -0.25) is 4.90 Å². The molecule has 0 radical (unpaired) electrons. The first-order valence-electron chi connectivity index (χ1n) is 13.8. The van der Waals surface area contributed by atoms with Gasteiger partial charge in [0, 0.05) is 39.3 Å². The monoisotopic (exact) mass is 537 g/mol. The standard InChI is InChI=1S/C31H43N3O5/c1-33(2)14-5-6-18-37-29-21-32-22-30(31(29)25-9-11-26(36-4)12-10-25)39-23-24-8-13-28-27(20-24)34(16-19-38-28)15-7-17-35-3/h8-13,20,29-32H,7,14-19,21-23H2,1-4H3/t29?,30-,31?/m0/s1. The number of hydrogen-bond acceptors (Lipinski definition) is 8. The molecule has 4 rings (SSSR count). The smallest absolute Gasteiger partial charge is 0.142 e. The zero-order valence-electron chi connectivity index (χ0n) is 23.8. The largest absolute Gasteiger partial charge is 0.497 e. The van der Waals surface area contributed by atoms with Crippen LogP contribution in [0.15, 0.2) is 42.5 Å². The highest BCUT2D eigenvalue weighted by Crippen LogP contribution is 2.35. The molecule has 1 fully saturated rings. The minimum Gasteiger partial charge on any atom is -0.497 e. The van der Waals surface area contributed by atoms with E-state index in [4.69, 9.17) is 23.7 Å². The van der Waals surface area contributed by atoms with Crippen LogP contribution in [0.3, 0.4) is 0 Å². The Kier molecular flexibility index (Phi) is 11.3. The number of fused-ring (bicyclic) bond motifs is 1. The minimum atomic E-state index is -0.0584. The summed E-state index contributed by atoms with van der Waals surface area (Å²) in [6, 6.07) is 14.6. The molecule has 3 atom stereocenters. The van der Waals surface area contributed by atoms with Gasteiger partial charge in [-0.15, -0.1) is 0 Å². The van der Waals surface area contributed by atoms with E-state index in [1.54, 1.807) is 14.2 Å². The average Bonchev–Trinajstić information content (AvgIpc) is 2.96. The molecule has 0 aromatic heterocycles. The SMILES string of the molecule is COCCCN1CCOc2ccc(CO[C@H]3CNCC(OCC#CCN(C)C)C3c3ccc(OC)cc3)cc21. The van der Waals surface area contributed by atoms with E-state index in [1.807, 2.05) is 31.1 Å². The molecular formula is C31H43N3O5. The van der Waals surface area contributed by atoms with E-state index in [2.05, 4.69) is 52.4 Å². The fraction of sp³-hybridized carbons (Fsp3) is 0.548. The van der Waals surface area contributed by atoms with Crippen LogP contribution < -0.4 is 19.7 Å². The van der Waals surface area contributed by atoms with E-state index in [1.165, 1.54) is 5.56 Å². The summed E-state index contributed by atoms with van der Waals surface area (Å²) in [5.74, 6) is 8.15. The van der Waals surface area contributed by atoms with E-state index in [0.29, 0.717) is 19.8 Å². The van der Waals surface area contributed by atoms with Crippen molar-refractivity contribution in [3.63, 3.8) is 0 Å². The third kappa shape index (κ3) is 8.34. The zero-order chi connectivity index (χ0) is 27.5. The number of hydrogen-bond donors (Lipinski definition) is 1. The number of rotatable bonds is 12. The molecule has 39 heavy (non-hydrogen) atoms. The van der Waals surface area contributed by atoms with Gasteiger partial charge in [-0.1, -0.05) is 30.0 Å². The fourth-order valence-electron chi connectivity index (χ4n) is 5.10. The fourth-order valence-corrected chi connectivity index (χ4v) is 5.10. The number of anilines is 1. The maximum Gasteiger partial charge on any atom is 0.142 e. The van der Waals surface area contributed by atoms with Crippen molar-refractivity contribution in [2.45, 2.75) is 31.2 Å². The van der Waals surface area contributed by atoms with Crippen molar-refractivity contribution in [3.05, 3.63) is 53.6 Å². The molecule has 2 heterocycles. The molecule has 2 aromatic carbocycles. The molecule has 1 saturated heterocycles. The van der Waals surface area contributed by atoms with E-state index in [0.717, 1.165) is 68.5 Å². The van der Waals surface area contributed by atoms with E-state index < -0.39 is 0 Å². The van der Waals surface area contributed by atoms with Crippen molar-refractivity contribution in [1.29, 1.82) is 0 Å². The number of nitrogens with one attached hydrogen (secondary N) is 1. The van der Waals surface area contributed by atoms with Gasteiger partial charge in [0.1, 0.15) is 24.7 Å². The van der Waals surface area contributed by atoms with Crippen LogP contribution in [0.1, 0.15) is 23.5 Å². The Morgan fingerprint density at radius 2 is 1.82 bits per heavy atom.